The number of halogens is 1. The number of nitrogens with one attached hydrogen (secondary N) is 1. The largest absolute Gasteiger partial charge is 0.377 e. The zero-order chi connectivity index (χ0) is 12.7. The SMILES string of the molecule is CCCNC(Cc1ccc(Br)s1)C(C)OCC. The number of hydrogen-bond acceptors (Lipinski definition) is 3. The summed E-state index contributed by atoms with van der Waals surface area (Å²) in [4.78, 5) is 1.40. The summed E-state index contributed by atoms with van der Waals surface area (Å²) in [5.74, 6) is 0. The van der Waals surface area contributed by atoms with Crippen LogP contribution in [0.1, 0.15) is 32.1 Å². The Morgan fingerprint density at radius 2 is 2.18 bits per heavy atom. The van der Waals surface area contributed by atoms with Gasteiger partial charge in [-0.1, -0.05) is 6.92 Å². The molecule has 0 radical (unpaired) electrons. The van der Waals surface area contributed by atoms with Gasteiger partial charge in [0.15, 0.2) is 0 Å². The number of thiophene rings is 1. The average molecular weight is 320 g/mol. The molecule has 2 nitrogen and oxygen atoms in total. The van der Waals surface area contributed by atoms with Crippen molar-refractivity contribution in [2.75, 3.05) is 13.2 Å². The zero-order valence-electron chi connectivity index (χ0n) is 10.8. The van der Waals surface area contributed by atoms with Crippen LogP contribution in [0.15, 0.2) is 15.9 Å². The lowest BCUT2D eigenvalue weighted by Crippen LogP contribution is -2.41. The number of rotatable bonds is 8. The molecule has 1 aromatic heterocycles. The summed E-state index contributed by atoms with van der Waals surface area (Å²) in [6.45, 7) is 8.22. The highest BCUT2D eigenvalue weighted by atomic mass is 79.9. The predicted octanol–water partition coefficient (Wildman–Crippen LogP) is 3.85. The van der Waals surface area contributed by atoms with Crippen molar-refractivity contribution in [2.24, 2.45) is 0 Å². The molecule has 1 heterocycles. The third kappa shape index (κ3) is 5.51. The zero-order valence-corrected chi connectivity index (χ0v) is 13.2. The van der Waals surface area contributed by atoms with Crippen LogP contribution in [-0.2, 0) is 11.2 Å². The molecule has 0 aliphatic rings. The van der Waals surface area contributed by atoms with Crippen molar-refractivity contribution in [3.8, 4) is 0 Å². The van der Waals surface area contributed by atoms with Crippen LogP contribution in [0.3, 0.4) is 0 Å². The third-order valence-electron chi connectivity index (χ3n) is 2.70. The van der Waals surface area contributed by atoms with E-state index in [2.05, 4.69) is 54.2 Å². The Morgan fingerprint density at radius 1 is 1.41 bits per heavy atom. The smallest absolute Gasteiger partial charge is 0.0703 e. The molecule has 17 heavy (non-hydrogen) atoms. The van der Waals surface area contributed by atoms with Crippen molar-refractivity contribution in [3.63, 3.8) is 0 Å². The van der Waals surface area contributed by atoms with Crippen LogP contribution in [0.5, 0.6) is 0 Å². The molecule has 1 rings (SSSR count). The monoisotopic (exact) mass is 319 g/mol. The van der Waals surface area contributed by atoms with Crippen molar-refractivity contribution in [3.05, 3.63) is 20.8 Å². The van der Waals surface area contributed by atoms with Gasteiger partial charge in [0.05, 0.1) is 9.89 Å². The minimum absolute atomic E-state index is 0.257. The lowest BCUT2D eigenvalue weighted by atomic mass is 10.1. The van der Waals surface area contributed by atoms with Crippen LogP contribution in [0.4, 0.5) is 0 Å². The summed E-state index contributed by atoms with van der Waals surface area (Å²) in [7, 11) is 0. The molecule has 0 aliphatic carbocycles. The lowest BCUT2D eigenvalue weighted by molar-refractivity contribution is 0.0478. The number of hydrogen-bond donors (Lipinski definition) is 1. The van der Waals surface area contributed by atoms with Crippen LogP contribution in [0.25, 0.3) is 0 Å². The van der Waals surface area contributed by atoms with E-state index in [4.69, 9.17) is 4.74 Å². The average Bonchev–Trinajstić information content (AvgIpc) is 2.70. The van der Waals surface area contributed by atoms with E-state index in [1.165, 1.54) is 8.66 Å². The van der Waals surface area contributed by atoms with Gasteiger partial charge in [-0.05, 0) is 61.3 Å². The van der Waals surface area contributed by atoms with Gasteiger partial charge in [-0.2, -0.15) is 0 Å². The summed E-state index contributed by atoms with van der Waals surface area (Å²) < 4.78 is 6.91. The van der Waals surface area contributed by atoms with Gasteiger partial charge in [-0.3, -0.25) is 0 Å². The minimum Gasteiger partial charge on any atom is -0.377 e. The first kappa shape index (κ1) is 15.2. The van der Waals surface area contributed by atoms with E-state index in [9.17, 15) is 0 Å². The first-order valence-corrected chi connectivity index (χ1v) is 7.87. The van der Waals surface area contributed by atoms with Crippen molar-refractivity contribution >= 4 is 27.3 Å². The Hall–Kier alpha value is 0.1000. The first-order chi connectivity index (χ1) is 8.17. The highest BCUT2D eigenvalue weighted by Gasteiger charge is 2.17. The number of ether oxygens (including phenoxy) is 1. The van der Waals surface area contributed by atoms with E-state index in [-0.39, 0.29) is 6.10 Å². The summed E-state index contributed by atoms with van der Waals surface area (Å²) in [5.41, 5.74) is 0. The minimum atomic E-state index is 0.257. The second-order valence-corrected chi connectivity index (χ2v) is 6.68. The molecule has 1 aromatic rings. The molecule has 0 spiro atoms. The Kier molecular flexibility index (Phi) is 7.35. The maximum absolute atomic E-state index is 5.71. The quantitative estimate of drug-likeness (QED) is 0.786. The normalized spacial score (nSPS) is 14.8. The highest BCUT2D eigenvalue weighted by molar-refractivity contribution is 9.11. The molecule has 4 heteroatoms. The lowest BCUT2D eigenvalue weighted by Gasteiger charge is -2.24. The van der Waals surface area contributed by atoms with E-state index in [0.29, 0.717) is 6.04 Å². The van der Waals surface area contributed by atoms with Gasteiger partial charge in [0.1, 0.15) is 0 Å². The molecule has 2 atom stereocenters. The van der Waals surface area contributed by atoms with Crippen molar-refractivity contribution in [1.82, 2.24) is 5.32 Å². The van der Waals surface area contributed by atoms with Gasteiger partial charge >= 0.3 is 0 Å². The Balaban J connectivity index is 2.55. The molecule has 0 aromatic carbocycles. The fraction of sp³-hybridized carbons (Fsp3) is 0.692. The molecule has 98 valence electrons. The fourth-order valence-corrected chi connectivity index (χ4v) is 3.33. The van der Waals surface area contributed by atoms with Crippen LogP contribution in [0, 0.1) is 0 Å². The Morgan fingerprint density at radius 3 is 2.71 bits per heavy atom. The molecule has 0 bridgehead atoms. The summed E-state index contributed by atoms with van der Waals surface area (Å²) in [6.07, 6.45) is 2.45. The van der Waals surface area contributed by atoms with Gasteiger partial charge in [0, 0.05) is 17.5 Å². The topological polar surface area (TPSA) is 21.3 Å². The fourth-order valence-electron chi connectivity index (χ4n) is 1.79. The molecule has 2 unspecified atom stereocenters. The van der Waals surface area contributed by atoms with Crippen molar-refractivity contribution in [2.45, 2.75) is 45.8 Å². The Bertz CT molecular complexity index is 316. The molecule has 0 fully saturated rings. The molecule has 0 saturated carbocycles. The van der Waals surface area contributed by atoms with E-state index >= 15 is 0 Å². The van der Waals surface area contributed by atoms with Gasteiger partial charge in [-0.15, -0.1) is 11.3 Å². The molecule has 0 amide bonds. The molecule has 1 N–H and O–H groups in total. The third-order valence-corrected chi connectivity index (χ3v) is 4.35. The summed E-state index contributed by atoms with van der Waals surface area (Å²) in [5, 5.41) is 3.58. The van der Waals surface area contributed by atoms with E-state index < -0.39 is 0 Å². The summed E-state index contributed by atoms with van der Waals surface area (Å²) in [6, 6.07) is 4.71. The van der Waals surface area contributed by atoms with Gasteiger partial charge < -0.3 is 10.1 Å². The molecular formula is C13H22BrNOS. The van der Waals surface area contributed by atoms with Gasteiger partial charge in [0.2, 0.25) is 0 Å². The van der Waals surface area contributed by atoms with E-state index in [1.54, 1.807) is 11.3 Å². The van der Waals surface area contributed by atoms with Gasteiger partial charge in [-0.25, -0.2) is 0 Å². The second-order valence-electron chi connectivity index (χ2n) is 4.13. The second kappa shape index (κ2) is 8.25. The molecular weight excluding hydrogens is 298 g/mol. The maximum atomic E-state index is 5.71. The maximum Gasteiger partial charge on any atom is 0.0703 e. The van der Waals surface area contributed by atoms with Crippen LogP contribution in [-0.4, -0.2) is 25.3 Å². The summed E-state index contributed by atoms with van der Waals surface area (Å²) >= 11 is 5.32. The van der Waals surface area contributed by atoms with Gasteiger partial charge in [0.25, 0.3) is 0 Å². The van der Waals surface area contributed by atoms with Crippen LogP contribution < -0.4 is 5.32 Å². The highest BCUT2D eigenvalue weighted by Crippen LogP contribution is 2.23. The van der Waals surface area contributed by atoms with Crippen LogP contribution >= 0.6 is 27.3 Å². The first-order valence-electron chi connectivity index (χ1n) is 6.26. The van der Waals surface area contributed by atoms with Crippen molar-refractivity contribution < 1.29 is 4.74 Å². The van der Waals surface area contributed by atoms with Crippen molar-refractivity contribution in [1.29, 1.82) is 0 Å². The molecule has 0 aliphatic heterocycles. The van der Waals surface area contributed by atoms with Crippen LogP contribution in [0.2, 0.25) is 0 Å². The van der Waals surface area contributed by atoms with E-state index in [0.717, 1.165) is 26.0 Å². The standard InChI is InChI=1S/C13H22BrNOS/c1-4-8-15-12(10(3)16-5-2)9-11-6-7-13(14)17-11/h6-7,10,12,15H,4-5,8-9H2,1-3H3. The van der Waals surface area contributed by atoms with E-state index in [1.807, 2.05) is 0 Å². The Labute approximate surface area is 117 Å². The predicted molar refractivity (Wildman–Crippen MR) is 78.9 cm³/mol. The molecule has 0 saturated heterocycles.